The maximum atomic E-state index is 5.83. The zero-order valence-corrected chi connectivity index (χ0v) is 10.6. The number of nitrogen functional groups attached to an aromatic ring is 1. The molecule has 2 aromatic heterocycles. The highest BCUT2D eigenvalue weighted by atomic mass is 15.3. The van der Waals surface area contributed by atoms with Gasteiger partial charge in [-0.15, -0.1) is 0 Å². The molecule has 0 atom stereocenters. The highest BCUT2D eigenvalue weighted by Crippen LogP contribution is 2.24. The van der Waals surface area contributed by atoms with Crippen molar-refractivity contribution in [3.8, 4) is 16.9 Å². The lowest BCUT2D eigenvalue weighted by Gasteiger charge is -2.07. The van der Waals surface area contributed by atoms with Gasteiger partial charge in [0.1, 0.15) is 5.82 Å². The molecule has 0 aliphatic carbocycles. The van der Waals surface area contributed by atoms with E-state index >= 15 is 0 Å². The second kappa shape index (κ2) is 4.57. The summed E-state index contributed by atoms with van der Waals surface area (Å²) in [5.41, 5.74) is 9.75. The number of hydrogen-bond donors (Lipinski definition) is 1. The maximum absolute atomic E-state index is 5.83. The Hall–Kier alpha value is -2.62. The maximum Gasteiger partial charge on any atom is 0.146 e. The van der Waals surface area contributed by atoms with Crippen molar-refractivity contribution in [1.29, 1.82) is 0 Å². The number of benzene rings is 1. The van der Waals surface area contributed by atoms with Gasteiger partial charge in [0.2, 0.25) is 0 Å². The van der Waals surface area contributed by atoms with Crippen LogP contribution in [0, 0.1) is 6.92 Å². The van der Waals surface area contributed by atoms with Crippen LogP contribution in [0.2, 0.25) is 0 Å². The van der Waals surface area contributed by atoms with Crippen molar-refractivity contribution in [2.75, 3.05) is 5.73 Å². The van der Waals surface area contributed by atoms with Crippen LogP contribution < -0.4 is 5.73 Å². The Balaban J connectivity index is 2.15. The molecule has 0 amide bonds. The zero-order chi connectivity index (χ0) is 13.2. The number of aryl methyl sites for hydroxylation is 1. The lowest BCUT2D eigenvalue weighted by molar-refractivity contribution is 0.884. The van der Waals surface area contributed by atoms with E-state index in [0.29, 0.717) is 5.82 Å². The van der Waals surface area contributed by atoms with Gasteiger partial charge in [0.25, 0.3) is 0 Å². The number of hydrogen-bond acceptors (Lipinski definition) is 3. The Kier molecular flexibility index (Phi) is 2.76. The molecule has 0 aliphatic rings. The molecule has 4 nitrogen and oxygen atoms in total. The van der Waals surface area contributed by atoms with Gasteiger partial charge in [-0.25, -0.2) is 4.68 Å². The largest absolute Gasteiger partial charge is 0.382 e. The van der Waals surface area contributed by atoms with Gasteiger partial charge in [0.15, 0.2) is 0 Å². The lowest BCUT2D eigenvalue weighted by Crippen LogP contribution is -2.00. The third kappa shape index (κ3) is 2.20. The molecule has 0 bridgehead atoms. The van der Waals surface area contributed by atoms with Gasteiger partial charge >= 0.3 is 0 Å². The highest BCUT2D eigenvalue weighted by Gasteiger charge is 2.09. The minimum absolute atomic E-state index is 0.499. The molecular formula is C15H14N4. The minimum Gasteiger partial charge on any atom is -0.382 e. The first-order chi connectivity index (χ1) is 9.24. The van der Waals surface area contributed by atoms with Gasteiger partial charge in [-0.2, -0.15) is 5.10 Å². The summed E-state index contributed by atoms with van der Waals surface area (Å²) in [7, 11) is 0. The van der Waals surface area contributed by atoms with Crippen LogP contribution in [0.3, 0.4) is 0 Å². The van der Waals surface area contributed by atoms with E-state index in [0.717, 1.165) is 22.6 Å². The fourth-order valence-corrected chi connectivity index (χ4v) is 2.00. The van der Waals surface area contributed by atoms with E-state index in [1.165, 1.54) is 0 Å². The van der Waals surface area contributed by atoms with E-state index in [1.807, 2.05) is 60.1 Å². The number of rotatable bonds is 2. The molecule has 3 aromatic rings. The summed E-state index contributed by atoms with van der Waals surface area (Å²) >= 11 is 0. The normalized spacial score (nSPS) is 10.6. The average Bonchev–Trinajstić information content (AvgIpc) is 2.83. The van der Waals surface area contributed by atoms with Crippen LogP contribution in [0.25, 0.3) is 16.9 Å². The molecule has 19 heavy (non-hydrogen) atoms. The van der Waals surface area contributed by atoms with Crippen molar-refractivity contribution < 1.29 is 0 Å². The molecule has 0 radical (unpaired) electrons. The summed E-state index contributed by atoms with van der Waals surface area (Å²) in [6, 6.07) is 15.9. The summed E-state index contributed by atoms with van der Waals surface area (Å²) in [4.78, 5) is 4.30. The van der Waals surface area contributed by atoms with Crippen molar-refractivity contribution in [3.05, 3.63) is 60.4 Å². The van der Waals surface area contributed by atoms with Crippen molar-refractivity contribution in [2.24, 2.45) is 0 Å². The molecule has 0 spiro atoms. The number of nitrogens with zero attached hydrogens (tertiary/aromatic N) is 3. The van der Waals surface area contributed by atoms with Gasteiger partial charge in [-0.05, 0) is 19.1 Å². The lowest BCUT2D eigenvalue weighted by atomic mass is 10.1. The van der Waals surface area contributed by atoms with Gasteiger partial charge in [0, 0.05) is 17.3 Å². The molecule has 0 unspecified atom stereocenters. The molecule has 2 heterocycles. The van der Waals surface area contributed by atoms with E-state index in [1.54, 1.807) is 6.20 Å². The first-order valence-corrected chi connectivity index (χ1v) is 6.08. The fraction of sp³-hybridized carbons (Fsp3) is 0.0667. The highest BCUT2D eigenvalue weighted by molar-refractivity contribution is 5.65. The average molecular weight is 250 g/mol. The number of aromatic nitrogens is 3. The molecule has 2 N–H and O–H groups in total. The van der Waals surface area contributed by atoms with Crippen LogP contribution in [0.5, 0.6) is 0 Å². The second-order valence-corrected chi connectivity index (χ2v) is 4.39. The molecule has 0 aliphatic heterocycles. The van der Waals surface area contributed by atoms with Crippen molar-refractivity contribution >= 4 is 5.82 Å². The summed E-state index contributed by atoms with van der Waals surface area (Å²) in [5, 5.41) is 4.34. The molecule has 94 valence electrons. The molecule has 3 rings (SSSR count). The van der Waals surface area contributed by atoms with Crippen LogP contribution in [-0.2, 0) is 0 Å². The fourth-order valence-electron chi connectivity index (χ4n) is 2.00. The smallest absolute Gasteiger partial charge is 0.146 e. The SMILES string of the molecule is Cc1ccc(-n2nc(N)cc2-c2ccccc2)cn1. The number of pyridine rings is 1. The first kappa shape index (κ1) is 11.5. The van der Waals surface area contributed by atoms with Crippen LogP contribution in [-0.4, -0.2) is 14.8 Å². The Labute approximate surface area is 111 Å². The van der Waals surface area contributed by atoms with Gasteiger partial charge in [-0.3, -0.25) is 4.98 Å². The summed E-state index contributed by atoms with van der Waals surface area (Å²) < 4.78 is 1.82. The molecule has 4 heteroatoms. The van der Waals surface area contributed by atoms with Crippen molar-refractivity contribution in [1.82, 2.24) is 14.8 Å². The van der Waals surface area contributed by atoms with E-state index in [-0.39, 0.29) is 0 Å². The number of anilines is 1. The second-order valence-electron chi connectivity index (χ2n) is 4.39. The third-order valence-corrected chi connectivity index (χ3v) is 2.94. The third-order valence-electron chi connectivity index (χ3n) is 2.94. The molecule has 0 saturated heterocycles. The molecule has 0 fully saturated rings. The number of nitrogens with two attached hydrogens (primary N) is 1. The van der Waals surface area contributed by atoms with Crippen molar-refractivity contribution in [2.45, 2.75) is 6.92 Å². The first-order valence-electron chi connectivity index (χ1n) is 6.08. The standard InChI is InChI=1S/C15H14N4/c1-11-7-8-13(10-17-11)19-14(9-15(16)18-19)12-5-3-2-4-6-12/h2-10H,1H3,(H2,16,18). The van der Waals surface area contributed by atoms with Crippen LogP contribution in [0.4, 0.5) is 5.82 Å². The molecule has 0 saturated carbocycles. The van der Waals surface area contributed by atoms with Crippen LogP contribution in [0.1, 0.15) is 5.69 Å². The van der Waals surface area contributed by atoms with E-state index in [9.17, 15) is 0 Å². The van der Waals surface area contributed by atoms with E-state index in [2.05, 4.69) is 10.1 Å². The molecule has 1 aromatic carbocycles. The van der Waals surface area contributed by atoms with Crippen molar-refractivity contribution in [3.63, 3.8) is 0 Å². The Morgan fingerprint density at radius 3 is 2.53 bits per heavy atom. The predicted octanol–water partition coefficient (Wildman–Crippen LogP) is 2.82. The quantitative estimate of drug-likeness (QED) is 0.760. The Morgan fingerprint density at radius 1 is 1.05 bits per heavy atom. The topological polar surface area (TPSA) is 56.7 Å². The predicted molar refractivity (Wildman–Crippen MR) is 75.9 cm³/mol. The monoisotopic (exact) mass is 250 g/mol. The zero-order valence-electron chi connectivity index (χ0n) is 10.6. The summed E-state index contributed by atoms with van der Waals surface area (Å²) in [6.07, 6.45) is 1.80. The molecular weight excluding hydrogens is 236 g/mol. The van der Waals surface area contributed by atoms with E-state index < -0.39 is 0 Å². The van der Waals surface area contributed by atoms with Gasteiger partial charge < -0.3 is 5.73 Å². The Bertz CT molecular complexity index is 684. The van der Waals surface area contributed by atoms with Gasteiger partial charge in [0.05, 0.1) is 17.6 Å². The Morgan fingerprint density at radius 2 is 1.84 bits per heavy atom. The summed E-state index contributed by atoms with van der Waals surface area (Å²) in [6.45, 7) is 1.96. The minimum atomic E-state index is 0.499. The van der Waals surface area contributed by atoms with E-state index in [4.69, 9.17) is 5.73 Å². The van der Waals surface area contributed by atoms with Gasteiger partial charge in [-0.1, -0.05) is 30.3 Å². The van der Waals surface area contributed by atoms with Crippen LogP contribution in [0.15, 0.2) is 54.7 Å². The summed E-state index contributed by atoms with van der Waals surface area (Å²) in [5.74, 6) is 0.499. The van der Waals surface area contributed by atoms with Crippen LogP contribution >= 0.6 is 0 Å².